The van der Waals surface area contributed by atoms with Crippen molar-refractivity contribution in [3.8, 4) is 10.6 Å². The van der Waals surface area contributed by atoms with Crippen LogP contribution in [0.15, 0.2) is 35.1 Å². The molecule has 0 spiro atoms. The van der Waals surface area contributed by atoms with Gasteiger partial charge in [0.2, 0.25) is 5.91 Å². The third-order valence-electron chi connectivity index (χ3n) is 4.25. The summed E-state index contributed by atoms with van der Waals surface area (Å²) in [5, 5.41) is 5.15. The van der Waals surface area contributed by atoms with E-state index in [9.17, 15) is 18.4 Å². The number of nitrogen functional groups attached to an aromatic ring is 1. The first-order chi connectivity index (χ1) is 14.3. The monoisotopic (exact) mass is 435 g/mol. The number of amidine groups is 1. The topological polar surface area (TPSA) is 139 Å². The Kier molecular flexibility index (Phi) is 6.26. The number of rotatable bonds is 4. The molecule has 0 saturated carbocycles. The molecule has 2 heterocycles. The second-order valence-electron chi connectivity index (χ2n) is 6.18. The maximum Gasteiger partial charge on any atom is 0.277 e. The first-order valence-corrected chi connectivity index (χ1v) is 9.60. The molecule has 1 saturated heterocycles. The Morgan fingerprint density at radius 3 is 2.70 bits per heavy atom. The van der Waals surface area contributed by atoms with E-state index in [0.717, 1.165) is 29.7 Å². The molecule has 1 aliphatic rings. The Labute approximate surface area is 174 Å². The number of amides is 2. The van der Waals surface area contributed by atoms with Crippen LogP contribution in [0.3, 0.4) is 0 Å². The van der Waals surface area contributed by atoms with Crippen molar-refractivity contribution in [1.82, 2.24) is 20.5 Å². The number of nitrogens with one attached hydrogen (secondary N) is 2. The maximum atomic E-state index is 14.0. The van der Waals surface area contributed by atoms with Crippen LogP contribution in [-0.4, -0.2) is 54.2 Å². The molecule has 1 aliphatic heterocycles. The standard InChI is InChI=1S/C18H19F2N7O2S/c1-23-16(27-6-5-24-12(28)8-27)11(7-21)25-17(29)14-15(22)30-18(26-14)13-9(19)3-2-4-10(13)20/h2-4,7H,5-6,8,21-22H2,1H3,(H,24,28)(H,25,29). The second-order valence-corrected chi connectivity index (χ2v) is 7.21. The van der Waals surface area contributed by atoms with Gasteiger partial charge in [-0.25, -0.2) is 13.8 Å². The normalized spacial score (nSPS) is 15.2. The smallest absolute Gasteiger partial charge is 0.277 e. The van der Waals surface area contributed by atoms with Crippen LogP contribution in [0.2, 0.25) is 0 Å². The molecule has 2 aromatic rings. The Morgan fingerprint density at radius 1 is 1.40 bits per heavy atom. The molecule has 0 aliphatic carbocycles. The van der Waals surface area contributed by atoms with Crippen molar-refractivity contribution < 1.29 is 18.4 Å². The van der Waals surface area contributed by atoms with Crippen LogP contribution in [0.5, 0.6) is 0 Å². The first-order valence-electron chi connectivity index (χ1n) is 8.78. The minimum atomic E-state index is -0.818. The Balaban J connectivity index is 1.84. The lowest BCUT2D eigenvalue weighted by atomic mass is 10.2. The lowest BCUT2D eigenvalue weighted by Gasteiger charge is -2.30. The van der Waals surface area contributed by atoms with Gasteiger partial charge < -0.3 is 27.0 Å². The van der Waals surface area contributed by atoms with Gasteiger partial charge in [-0.3, -0.25) is 14.6 Å². The zero-order valence-electron chi connectivity index (χ0n) is 15.9. The number of carbonyl (C=O) groups is 2. The summed E-state index contributed by atoms with van der Waals surface area (Å²) >= 11 is 0.783. The maximum absolute atomic E-state index is 14.0. The van der Waals surface area contributed by atoms with Crippen LogP contribution in [-0.2, 0) is 4.79 Å². The van der Waals surface area contributed by atoms with Crippen molar-refractivity contribution >= 4 is 34.0 Å². The third-order valence-corrected chi connectivity index (χ3v) is 5.15. The molecule has 1 aromatic carbocycles. The summed E-state index contributed by atoms with van der Waals surface area (Å²) in [5.41, 5.74) is 11.1. The Hall–Kier alpha value is -3.54. The minimum absolute atomic E-state index is 0.0196. The summed E-state index contributed by atoms with van der Waals surface area (Å²) in [7, 11) is 1.49. The van der Waals surface area contributed by atoms with E-state index in [1.807, 2.05) is 0 Å². The highest BCUT2D eigenvalue weighted by atomic mass is 32.1. The third kappa shape index (κ3) is 4.22. The number of anilines is 1. The number of thiazole rings is 1. The Morgan fingerprint density at radius 2 is 2.10 bits per heavy atom. The molecule has 158 valence electrons. The highest BCUT2D eigenvalue weighted by Gasteiger charge is 2.26. The number of aliphatic imine (C=N–C) groups is 1. The fourth-order valence-corrected chi connectivity index (χ4v) is 3.79. The zero-order valence-corrected chi connectivity index (χ0v) is 16.7. The number of benzene rings is 1. The van der Waals surface area contributed by atoms with Crippen molar-refractivity contribution in [2.24, 2.45) is 10.7 Å². The van der Waals surface area contributed by atoms with Crippen LogP contribution in [0.4, 0.5) is 13.8 Å². The number of hydrogen-bond donors (Lipinski definition) is 4. The van der Waals surface area contributed by atoms with Gasteiger partial charge in [-0.15, -0.1) is 0 Å². The fraction of sp³-hybridized carbons (Fsp3) is 0.222. The summed E-state index contributed by atoms with van der Waals surface area (Å²) in [6, 6.07) is 3.40. The largest absolute Gasteiger partial charge is 0.403 e. The van der Waals surface area contributed by atoms with Crippen LogP contribution in [0.1, 0.15) is 10.5 Å². The molecule has 0 bridgehead atoms. The average Bonchev–Trinajstić information content (AvgIpc) is 3.09. The number of halogens is 2. The van der Waals surface area contributed by atoms with E-state index >= 15 is 0 Å². The summed E-state index contributed by atoms with van der Waals surface area (Å²) < 4.78 is 28.1. The van der Waals surface area contributed by atoms with Crippen LogP contribution < -0.4 is 22.1 Å². The first kappa shape index (κ1) is 21.2. The molecule has 0 atom stereocenters. The second kappa shape index (κ2) is 8.86. The van der Waals surface area contributed by atoms with Gasteiger partial charge >= 0.3 is 0 Å². The molecule has 0 unspecified atom stereocenters. The van der Waals surface area contributed by atoms with E-state index in [2.05, 4.69) is 20.6 Å². The SMILES string of the molecule is CN=C(C(=CN)NC(=O)c1nc(-c2c(F)cccc2F)sc1N)N1CCNC(=O)C1. The average molecular weight is 435 g/mol. The van der Waals surface area contributed by atoms with E-state index in [-0.39, 0.29) is 39.4 Å². The number of carbonyl (C=O) groups excluding carboxylic acids is 2. The van der Waals surface area contributed by atoms with E-state index in [1.54, 1.807) is 4.90 Å². The van der Waals surface area contributed by atoms with Gasteiger partial charge in [0.15, 0.2) is 5.69 Å². The molecule has 30 heavy (non-hydrogen) atoms. The molecule has 1 aromatic heterocycles. The highest BCUT2D eigenvalue weighted by Crippen LogP contribution is 2.33. The molecule has 6 N–H and O–H groups in total. The van der Waals surface area contributed by atoms with Gasteiger partial charge in [0.05, 0.1) is 17.8 Å². The van der Waals surface area contributed by atoms with E-state index in [4.69, 9.17) is 11.5 Å². The van der Waals surface area contributed by atoms with Gasteiger partial charge in [-0.1, -0.05) is 17.4 Å². The lowest BCUT2D eigenvalue weighted by Crippen LogP contribution is -2.51. The quantitative estimate of drug-likeness (QED) is 0.411. The van der Waals surface area contributed by atoms with Crippen molar-refractivity contribution in [2.45, 2.75) is 0 Å². The lowest BCUT2D eigenvalue weighted by molar-refractivity contribution is -0.122. The van der Waals surface area contributed by atoms with Gasteiger partial charge in [0.1, 0.15) is 27.5 Å². The number of nitrogens with zero attached hydrogens (tertiary/aromatic N) is 3. The van der Waals surface area contributed by atoms with E-state index in [1.165, 1.54) is 13.1 Å². The van der Waals surface area contributed by atoms with Gasteiger partial charge in [0, 0.05) is 26.3 Å². The van der Waals surface area contributed by atoms with Gasteiger partial charge in [-0.05, 0) is 12.1 Å². The van der Waals surface area contributed by atoms with Crippen LogP contribution in [0.25, 0.3) is 10.6 Å². The van der Waals surface area contributed by atoms with Crippen molar-refractivity contribution in [3.63, 3.8) is 0 Å². The van der Waals surface area contributed by atoms with Crippen LogP contribution in [0, 0.1) is 11.6 Å². The number of aromatic nitrogens is 1. The minimum Gasteiger partial charge on any atom is -0.403 e. The van der Waals surface area contributed by atoms with Crippen molar-refractivity contribution in [2.75, 3.05) is 32.4 Å². The number of piperazine rings is 1. The predicted octanol–water partition coefficient (Wildman–Crippen LogP) is 0.660. The molecule has 3 rings (SSSR count). The summed E-state index contributed by atoms with van der Waals surface area (Å²) in [6.45, 7) is 0.941. The Bertz CT molecular complexity index is 1030. The van der Waals surface area contributed by atoms with Gasteiger partial charge in [0.25, 0.3) is 5.91 Å². The number of hydrogen-bond acceptors (Lipinski definition) is 7. The molecular weight excluding hydrogens is 416 g/mol. The highest BCUT2D eigenvalue weighted by molar-refractivity contribution is 7.19. The van der Waals surface area contributed by atoms with E-state index < -0.39 is 17.5 Å². The van der Waals surface area contributed by atoms with Crippen molar-refractivity contribution in [3.05, 3.63) is 47.4 Å². The van der Waals surface area contributed by atoms with Crippen LogP contribution >= 0.6 is 11.3 Å². The molecule has 9 nitrogen and oxygen atoms in total. The summed E-state index contributed by atoms with van der Waals surface area (Å²) in [5.74, 6) is -2.25. The van der Waals surface area contributed by atoms with Crippen molar-refractivity contribution in [1.29, 1.82) is 0 Å². The molecular formula is C18H19F2N7O2S. The zero-order chi connectivity index (χ0) is 21.8. The fourth-order valence-electron chi connectivity index (χ4n) is 2.91. The molecule has 12 heteroatoms. The molecule has 1 fully saturated rings. The summed E-state index contributed by atoms with van der Waals surface area (Å²) in [6.07, 6.45) is 1.13. The number of nitrogens with two attached hydrogens (primary N) is 2. The predicted molar refractivity (Wildman–Crippen MR) is 110 cm³/mol. The van der Waals surface area contributed by atoms with Gasteiger partial charge in [-0.2, -0.15) is 0 Å². The molecule has 2 amide bonds. The summed E-state index contributed by atoms with van der Waals surface area (Å²) in [4.78, 5) is 34.2. The molecule has 0 radical (unpaired) electrons. The van der Waals surface area contributed by atoms with E-state index in [0.29, 0.717) is 18.9 Å².